The van der Waals surface area contributed by atoms with Gasteiger partial charge in [-0.25, -0.2) is 0 Å². The average Bonchev–Trinajstić information content (AvgIpc) is 2.76. The van der Waals surface area contributed by atoms with Crippen LogP contribution in [-0.4, -0.2) is 29.2 Å². The van der Waals surface area contributed by atoms with Crippen molar-refractivity contribution in [2.24, 2.45) is 5.92 Å². The summed E-state index contributed by atoms with van der Waals surface area (Å²) in [6.07, 6.45) is 1.47. The first kappa shape index (κ1) is 19.7. The second-order valence-corrected chi connectivity index (χ2v) is 7.96. The zero-order valence-corrected chi connectivity index (χ0v) is 16.8. The van der Waals surface area contributed by atoms with Crippen LogP contribution in [0.4, 0.5) is 0 Å². The summed E-state index contributed by atoms with van der Waals surface area (Å²) in [5.41, 5.74) is 3.72. The molecule has 1 aliphatic heterocycles. The lowest BCUT2D eigenvalue weighted by Crippen LogP contribution is -2.43. The summed E-state index contributed by atoms with van der Waals surface area (Å²) in [5.74, 6) is 1.13. The SMILES string of the molecule is OC1CCN(Cc2ccccc2)CC1Cc1cccc(OCc2ccccc2)c1. The molecule has 0 saturated carbocycles. The Morgan fingerprint density at radius 2 is 1.52 bits per heavy atom. The molecule has 150 valence electrons. The van der Waals surface area contributed by atoms with Crippen LogP contribution in [0.3, 0.4) is 0 Å². The molecule has 0 bridgehead atoms. The lowest BCUT2D eigenvalue weighted by atomic mass is 9.88. The van der Waals surface area contributed by atoms with Gasteiger partial charge in [-0.1, -0.05) is 72.8 Å². The van der Waals surface area contributed by atoms with E-state index in [1.807, 2.05) is 30.3 Å². The highest BCUT2D eigenvalue weighted by Gasteiger charge is 2.27. The van der Waals surface area contributed by atoms with Crippen LogP contribution in [0.5, 0.6) is 5.75 Å². The number of ether oxygens (including phenoxy) is 1. The molecule has 4 rings (SSSR count). The summed E-state index contributed by atoms with van der Waals surface area (Å²) in [7, 11) is 0. The molecule has 3 nitrogen and oxygen atoms in total. The molecule has 1 saturated heterocycles. The van der Waals surface area contributed by atoms with Crippen molar-refractivity contribution in [3.8, 4) is 5.75 Å². The van der Waals surface area contributed by atoms with E-state index in [1.165, 1.54) is 11.1 Å². The Kier molecular flexibility index (Phi) is 6.60. The Bertz CT molecular complexity index is 881. The Labute approximate surface area is 173 Å². The van der Waals surface area contributed by atoms with Crippen LogP contribution in [0, 0.1) is 5.92 Å². The number of aliphatic hydroxyl groups is 1. The van der Waals surface area contributed by atoms with Crippen molar-refractivity contribution >= 4 is 0 Å². The molecule has 29 heavy (non-hydrogen) atoms. The molecule has 3 aromatic carbocycles. The fourth-order valence-electron chi connectivity index (χ4n) is 4.09. The number of rotatable bonds is 7. The number of hydrogen-bond donors (Lipinski definition) is 1. The van der Waals surface area contributed by atoms with Crippen molar-refractivity contribution in [1.29, 1.82) is 0 Å². The van der Waals surface area contributed by atoms with Crippen molar-refractivity contribution in [2.45, 2.75) is 32.1 Å². The number of nitrogens with zero attached hydrogens (tertiary/aromatic N) is 1. The first-order valence-corrected chi connectivity index (χ1v) is 10.5. The summed E-state index contributed by atoms with van der Waals surface area (Å²) in [4.78, 5) is 2.46. The minimum Gasteiger partial charge on any atom is -0.489 e. The summed E-state index contributed by atoms with van der Waals surface area (Å²) >= 11 is 0. The van der Waals surface area contributed by atoms with E-state index >= 15 is 0 Å². The van der Waals surface area contributed by atoms with E-state index in [0.29, 0.717) is 6.61 Å². The van der Waals surface area contributed by atoms with Crippen LogP contribution < -0.4 is 4.74 Å². The van der Waals surface area contributed by atoms with Gasteiger partial charge in [0.1, 0.15) is 12.4 Å². The zero-order valence-electron chi connectivity index (χ0n) is 16.8. The molecule has 3 heteroatoms. The summed E-state index contributed by atoms with van der Waals surface area (Å²) < 4.78 is 5.98. The predicted molar refractivity (Wildman–Crippen MR) is 117 cm³/mol. The highest BCUT2D eigenvalue weighted by atomic mass is 16.5. The highest BCUT2D eigenvalue weighted by molar-refractivity contribution is 5.29. The smallest absolute Gasteiger partial charge is 0.120 e. The summed E-state index contributed by atoms with van der Waals surface area (Å²) in [5, 5.41) is 10.6. The van der Waals surface area contributed by atoms with Gasteiger partial charge in [0.25, 0.3) is 0 Å². The molecule has 0 spiro atoms. The minimum absolute atomic E-state index is 0.240. The third-order valence-corrected chi connectivity index (χ3v) is 5.67. The molecule has 1 heterocycles. The van der Waals surface area contributed by atoms with Gasteiger partial charge in [0.15, 0.2) is 0 Å². The maximum absolute atomic E-state index is 10.6. The largest absolute Gasteiger partial charge is 0.489 e. The predicted octanol–water partition coefficient (Wildman–Crippen LogP) is 4.69. The van der Waals surface area contributed by atoms with Crippen LogP contribution in [0.15, 0.2) is 84.9 Å². The third-order valence-electron chi connectivity index (χ3n) is 5.67. The Hall–Kier alpha value is -2.62. The standard InChI is InChI=1S/C26H29NO2/c28-26-14-15-27(18-21-8-3-1-4-9-21)19-24(26)16-23-12-7-13-25(17-23)29-20-22-10-5-2-6-11-22/h1-13,17,24,26,28H,14-16,18-20H2. The fraction of sp³-hybridized carbons (Fsp3) is 0.308. The molecule has 2 unspecified atom stereocenters. The molecule has 1 aliphatic rings. The van der Waals surface area contributed by atoms with Gasteiger partial charge in [-0.05, 0) is 41.7 Å². The van der Waals surface area contributed by atoms with Gasteiger partial charge in [-0.3, -0.25) is 4.90 Å². The summed E-state index contributed by atoms with van der Waals surface area (Å²) in [6, 6.07) is 29.1. The molecular formula is C26H29NO2. The Morgan fingerprint density at radius 3 is 2.28 bits per heavy atom. The van der Waals surface area contributed by atoms with Gasteiger partial charge in [0, 0.05) is 25.6 Å². The number of likely N-dealkylation sites (tertiary alicyclic amines) is 1. The minimum atomic E-state index is -0.240. The van der Waals surface area contributed by atoms with Gasteiger partial charge >= 0.3 is 0 Å². The van der Waals surface area contributed by atoms with Gasteiger partial charge in [0.05, 0.1) is 6.10 Å². The zero-order chi connectivity index (χ0) is 19.9. The van der Waals surface area contributed by atoms with Crippen LogP contribution >= 0.6 is 0 Å². The van der Waals surface area contributed by atoms with Crippen LogP contribution in [0.25, 0.3) is 0 Å². The van der Waals surface area contributed by atoms with Crippen LogP contribution in [-0.2, 0) is 19.6 Å². The van der Waals surface area contributed by atoms with Gasteiger partial charge < -0.3 is 9.84 Å². The second kappa shape index (κ2) is 9.73. The molecule has 1 fully saturated rings. The maximum Gasteiger partial charge on any atom is 0.120 e. The van der Waals surface area contributed by atoms with E-state index in [0.717, 1.165) is 43.8 Å². The quantitative estimate of drug-likeness (QED) is 0.638. The molecule has 0 amide bonds. The van der Waals surface area contributed by atoms with Gasteiger partial charge in [-0.2, -0.15) is 0 Å². The van der Waals surface area contributed by atoms with Crippen molar-refractivity contribution in [3.63, 3.8) is 0 Å². The average molecular weight is 388 g/mol. The maximum atomic E-state index is 10.6. The number of benzene rings is 3. The van der Waals surface area contributed by atoms with E-state index in [1.54, 1.807) is 0 Å². The van der Waals surface area contributed by atoms with E-state index < -0.39 is 0 Å². The lowest BCUT2D eigenvalue weighted by Gasteiger charge is -2.36. The molecule has 0 radical (unpaired) electrons. The van der Waals surface area contributed by atoms with Crippen LogP contribution in [0.2, 0.25) is 0 Å². The van der Waals surface area contributed by atoms with Crippen molar-refractivity contribution < 1.29 is 9.84 Å². The van der Waals surface area contributed by atoms with Gasteiger partial charge in [-0.15, -0.1) is 0 Å². The number of hydrogen-bond acceptors (Lipinski definition) is 3. The molecule has 3 aromatic rings. The topological polar surface area (TPSA) is 32.7 Å². The molecule has 0 aromatic heterocycles. The van der Waals surface area contributed by atoms with E-state index in [2.05, 4.69) is 59.5 Å². The van der Waals surface area contributed by atoms with Crippen molar-refractivity contribution in [3.05, 3.63) is 102 Å². The van der Waals surface area contributed by atoms with Crippen molar-refractivity contribution in [1.82, 2.24) is 4.90 Å². The van der Waals surface area contributed by atoms with E-state index in [-0.39, 0.29) is 12.0 Å². The number of piperidine rings is 1. The molecule has 2 atom stereocenters. The molecule has 1 N–H and O–H groups in total. The fourth-order valence-corrected chi connectivity index (χ4v) is 4.09. The van der Waals surface area contributed by atoms with E-state index in [9.17, 15) is 5.11 Å². The highest BCUT2D eigenvalue weighted by Crippen LogP contribution is 2.25. The van der Waals surface area contributed by atoms with Gasteiger partial charge in [0.2, 0.25) is 0 Å². The first-order valence-electron chi connectivity index (χ1n) is 10.5. The van der Waals surface area contributed by atoms with E-state index in [4.69, 9.17) is 4.74 Å². The Balaban J connectivity index is 1.36. The third kappa shape index (κ3) is 5.69. The summed E-state index contributed by atoms with van der Waals surface area (Å²) in [6.45, 7) is 3.39. The first-order chi connectivity index (χ1) is 14.3. The lowest BCUT2D eigenvalue weighted by molar-refractivity contribution is 0.0239. The molecule has 0 aliphatic carbocycles. The van der Waals surface area contributed by atoms with Crippen LogP contribution in [0.1, 0.15) is 23.1 Å². The monoisotopic (exact) mass is 387 g/mol. The second-order valence-electron chi connectivity index (χ2n) is 7.96. The van der Waals surface area contributed by atoms with Crippen molar-refractivity contribution in [2.75, 3.05) is 13.1 Å². The molecular weight excluding hydrogens is 358 g/mol. The normalized spacial score (nSPS) is 19.8. The Morgan fingerprint density at radius 1 is 0.828 bits per heavy atom. The number of aliphatic hydroxyl groups excluding tert-OH is 1.